The maximum atomic E-state index is 12.2. The van der Waals surface area contributed by atoms with Crippen LogP contribution in [0.15, 0.2) is 24.8 Å². The summed E-state index contributed by atoms with van der Waals surface area (Å²) in [5.74, 6) is 0.355. The van der Waals surface area contributed by atoms with Gasteiger partial charge in [0.1, 0.15) is 5.78 Å². The van der Waals surface area contributed by atoms with Crippen LogP contribution in [-0.4, -0.2) is 5.78 Å². The highest BCUT2D eigenvalue weighted by atomic mass is 16.1. The van der Waals surface area contributed by atoms with Crippen LogP contribution in [0.3, 0.4) is 0 Å². The van der Waals surface area contributed by atoms with Crippen LogP contribution < -0.4 is 0 Å². The van der Waals surface area contributed by atoms with Gasteiger partial charge in [-0.15, -0.1) is 6.58 Å². The zero-order valence-corrected chi connectivity index (χ0v) is 16.5. The zero-order chi connectivity index (χ0) is 17.8. The third kappa shape index (κ3) is 5.74. The Kier molecular flexibility index (Phi) is 6.87. The van der Waals surface area contributed by atoms with Crippen LogP contribution in [0.5, 0.6) is 0 Å². The summed E-state index contributed by atoms with van der Waals surface area (Å²) in [5, 5.41) is 0. The van der Waals surface area contributed by atoms with Crippen molar-refractivity contribution in [3.8, 4) is 0 Å². The highest BCUT2D eigenvalue weighted by Crippen LogP contribution is 2.48. The Bertz CT molecular complexity index is 419. The number of Topliss-reactive ketones (excluding diaryl/α,β-unsaturated/α-hetero) is 1. The summed E-state index contributed by atoms with van der Waals surface area (Å²) >= 11 is 0. The topological polar surface area (TPSA) is 17.1 Å². The van der Waals surface area contributed by atoms with Gasteiger partial charge in [-0.3, -0.25) is 4.79 Å². The van der Waals surface area contributed by atoms with E-state index >= 15 is 0 Å². The smallest absolute Gasteiger partial charge is 0.138 e. The molecule has 0 N–H and O–H groups in total. The zero-order valence-electron chi connectivity index (χ0n) is 16.5. The number of allylic oxidation sites excluding steroid dienone is 3. The molecule has 0 saturated carbocycles. The van der Waals surface area contributed by atoms with Crippen molar-refractivity contribution in [1.29, 1.82) is 0 Å². The molecule has 0 aromatic heterocycles. The Morgan fingerprint density at radius 2 is 1.50 bits per heavy atom. The van der Waals surface area contributed by atoms with Crippen molar-refractivity contribution in [3.63, 3.8) is 0 Å². The van der Waals surface area contributed by atoms with E-state index in [-0.39, 0.29) is 21.7 Å². The van der Waals surface area contributed by atoms with Crippen molar-refractivity contribution in [1.82, 2.24) is 0 Å². The van der Waals surface area contributed by atoms with E-state index < -0.39 is 0 Å². The first-order chi connectivity index (χ1) is 9.71. The van der Waals surface area contributed by atoms with Crippen LogP contribution in [0.4, 0.5) is 0 Å². The SMILES string of the molecule is C=CC(C)(C)CC=CC(C)(C)C(C)(C)CC(C)(C)C(=O)CC. The molecular formula is C21H38O. The van der Waals surface area contributed by atoms with E-state index in [1.54, 1.807) is 0 Å². The van der Waals surface area contributed by atoms with E-state index in [0.29, 0.717) is 12.2 Å². The molecule has 0 rings (SSSR count). The predicted octanol–water partition coefficient (Wildman–Crippen LogP) is 6.59. The molecule has 1 nitrogen and oxygen atoms in total. The fourth-order valence-corrected chi connectivity index (χ4v) is 2.88. The second kappa shape index (κ2) is 7.15. The van der Waals surface area contributed by atoms with Crippen molar-refractivity contribution in [2.24, 2.45) is 21.7 Å². The molecule has 0 heterocycles. The van der Waals surface area contributed by atoms with Gasteiger partial charge in [0.25, 0.3) is 0 Å². The molecule has 0 saturated heterocycles. The molecule has 0 aromatic carbocycles. The molecular weight excluding hydrogens is 268 g/mol. The van der Waals surface area contributed by atoms with Gasteiger partial charge in [-0.1, -0.05) is 80.5 Å². The third-order valence-electron chi connectivity index (χ3n) is 5.44. The van der Waals surface area contributed by atoms with Gasteiger partial charge < -0.3 is 0 Å². The highest BCUT2D eigenvalue weighted by molar-refractivity contribution is 5.83. The minimum atomic E-state index is -0.260. The van der Waals surface area contributed by atoms with Crippen molar-refractivity contribution in [2.75, 3.05) is 0 Å². The number of hydrogen-bond donors (Lipinski definition) is 0. The van der Waals surface area contributed by atoms with Gasteiger partial charge in [-0.2, -0.15) is 0 Å². The van der Waals surface area contributed by atoms with E-state index in [0.717, 1.165) is 12.8 Å². The lowest BCUT2D eigenvalue weighted by Crippen LogP contribution is -2.38. The number of carbonyl (C=O) groups excluding carboxylic acids is 1. The van der Waals surface area contributed by atoms with Crippen molar-refractivity contribution >= 4 is 5.78 Å². The van der Waals surface area contributed by atoms with E-state index in [9.17, 15) is 4.79 Å². The molecule has 0 fully saturated rings. The van der Waals surface area contributed by atoms with Crippen LogP contribution >= 0.6 is 0 Å². The number of rotatable bonds is 9. The minimum absolute atomic E-state index is 0.0372. The summed E-state index contributed by atoms with van der Waals surface area (Å²) in [5.41, 5.74) is -0.0381. The van der Waals surface area contributed by atoms with Crippen LogP contribution in [0.1, 0.15) is 81.6 Å². The van der Waals surface area contributed by atoms with Crippen molar-refractivity contribution in [3.05, 3.63) is 24.8 Å². The third-order valence-corrected chi connectivity index (χ3v) is 5.44. The second-order valence-corrected chi connectivity index (χ2v) is 9.24. The number of hydrogen-bond acceptors (Lipinski definition) is 1. The van der Waals surface area contributed by atoms with Gasteiger partial charge in [0.05, 0.1) is 0 Å². The van der Waals surface area contributed by atoms with Gasteiger partial charge >= 0.3 is 0 Å². The molecule has 0 aliphatic carbocycles. The summed E-state index contributed by atoms with van der Waals surface area (Å²) in [7, 11) is 0. The minimum Gasteiger partial charge on any atom is -0.299 e. The summed E-state index contributed by atoms with van der Waals surface area (Å²) < 4.78 is 0. The van der Waals surface area contributed by atoms with Crippen molar-refractivity contribution in [2.45, 2.75) is 81.6 Å². The van der Waals surface area contributed by atoms with E-state index in [2.05, 4.69) is 74.1 Å². The second-order valence-electron chi connectivity index (χ2n) is 9.24. The fraction of sp³-hybridized carbons (Fsp3) is 0.762. The molecule has 128 valence electrons. The van der Waals surface area contributed by atoms with Gasteiger partial charge in [0, 0.05) is 11.8 Å². The first-order valence-corrected chi connectivity index (χ1v) is 8.55. The molecule has 0 spiro atoms. The molecule has 1 heteroatoms. The Balaban J connectivity index is 5.12. The lowest BCUT2D eigenvalue weighted by Gasteiger charge is -2.44. The molecule has 0 unspecified atom stereocenters. The summed E-state index contributed by atoms with van der Waals surface area (Å²) in [6.07, 6.45) is 9.12. The molecule has 0 radical (unpaired) electrons. The van der Waals surface area contributed by atoms with Gasteiger partial charge in [0.2, 0.25) is 0 Å². The van der Waals surface area contributed by atoms with Crippen LogP contribution in [0.25, 0.3) is 0 Å². The first kappa shape index (κ1) is 21.1. The summed E-state index contributed by atoms with van der Waals surface area (Å²) in [6.45, 7) is 23.5. The summed E-state index contributed by atoms with van der Waals surface area (Å²) in [6, 6.07) is 0. The molecule has 0 aromatic rings. The molecule has 0 aliphatic heterocycles. The lowest BCUT2D eigenvalue weighted by atomic mass is 9.60. The van der Waals surface area contributed by atoms with E-state index in [1.807, 2.05) is 13.0 Å². The van der Waals surface area contributed by atoms with Gasteiger partial charge in [-0.25, -0.2) is 0 Å². The average molecular weight is 307 g/mol. The predicted molar refractivity (Wildman–Crippen MR) is 99.0 cm³/mol. The van der Waals surface area contributed by atoms with Crippen LogP contribution in [0, 0.1) is 21.7 Å². The number of carbonyl (C=O) groups is 1. The maximum Gasteiger partial charge on any atom is 0.138 e. The average Bonchev–Trinajstić information content (AvgIpc) is 2.35. The normalized spacial score (nSPS) is 14.4. The largest absolute Gasteiger partial charge is 0.299 e. The van der Waals surface area contributed by atoms with Crippen LogP contribution in [0.2, 0.25) is 0 Å². The van der Waals surface area contributed by atoms with Gasteiger partial charge in [0.15, 0.2) is 0 Å². The standard InChI is InChI=1S/C21H38O/c1-11-17(22)19(5,6)16-21(9,10)20(7,8)15-13-14-18(3,4)12-2/h12-13,15H,2,11,14,16H2,1,3-10H3. The van der Waals surface area contributed by atoms with Crippen LogP contribution in [-0.2, 0) is 4.79 Å². The maximum absolute atomic E-state index is 12.2. The molecule has 0 aliphatic rings. The molecule has 22 heavy (non-hydrogen) atoms. The summed E-state index contributed by atoms with van der Waals surface area (Å²) in [4.78, 5) is 12.2. The van der Waals surface area contributed by atoms with Gasteiger partial charge in [-0.05, 0) is 29.1 Å². The lowest BCUT2D eigenvalue weighted by molar-refractivity contribution is -0.129. The first-order valence-electron chi connectivity index (χ1n) is 8.55. The monoisotopic (exact) mass is 306 g/mol. The number of ketones is 1. The Morgan fingerprint density at radius 1 is 1.00 bits per heavy atom. The molecule has 0 amide bonds. The molecule has 0 atom stereocenters. The highest BCUT2D eigenvalue weighted by Gasteiger charge is 2.41. The Morgan fingerprint density at radius 3 is 1.91 bits per heavy atom. The molecule has 0 bridgehead atoms. The quantitative estimate of drug-likeness (QED) is 0.439. The van der Waals surface area contributed by atoms with Crippen molar-refractivity contribution < 1.29 is 4.79 Å². The Hall–Kier alpha value is -0.850. The van der Waals surface area contributed by atoms with E-state index in [4.69, 9.17) is 0 Å². The Labute approximate surface area is 139 Å². The fourth-order valence-electron chi connectivity index (χ4n) is 2.88. The van der Waals surface area contributed by atoms with E-state index in [1.165, 1.54) is 0 Å².